The maximum absolute atomic E-state index is 12.6. The first-order chi connectivity index (χ1) is 11.0. The fourth-order valence-electron chi connectivity index (χ4n) is 2.92. The number of fused-ring (bicyclic) bond motifs is 1. The minimum Gasteiger partial charge on any atom is -0.307 e. The van der Waals surface area contributed by atoms with Crippen LogP contribution in [0, 0.1) is 10.1 Å². The second-order valence-corrected chi connectivity index (χ2v) is 5.56. The van der Waals surface area contributed by atoms with E-state index < -0.39 is 10.5 Å². The number of amides is 1. The summed E-state index contributed by atoms with van der Waals surface area (Å²) in [5.74, 6) is -0.259. The number of anilines is 1. The quantitative estimate of drug-likeness (QED) is 0.638. The van der Waals surface area contributed by atoms with Crippen LogP contribution in [-0.2, 0) is 17.8 Å². The van der Waals surface area contributed by atoms with Crippen molar-refractivity contribution in [2.45, 2.75) is 25.9 Å². The Morgan fingerprint density at radius 3 is 2.78 bits per heavy atom. The van der Waals surface area contributed by atoms with Crippen LogP contribution in [0.3, 0.4) is 0 Å². The first-order valence-electron chi connectivity index (χ1n) is 7.22. The van der Waals surface area contributed by atoms with E-state index in [1.165, 1.54) is 0 Å². The second kappa shape index (κ2) is 5.68. The van der Waals surface area contributed by atoms with Crippen LogP contribution in [-0.4, -0.2) is 21.4 Å². The van der Waals surface area contributed by atoms with Crippen molar-refractivity contribution in [3.8, 4) is 0 Å². The molecule has 1 aromatic carbocycles. The van der Waals surface area contributed by atoms with E-state index in [1.807, 2.05) is 31.2 Å². The largest absolute Gasteiger partial charge is 0.307 e. The van der Waals surface area contributed by atoms with Gasteiger partial charge in [-0.3, -0.25) is 24.3 Å². The van der Waals surface area contributed by atoms with E-state index >= 15 is 0 Å². The molecule has 3 rings (SSSR count). The zero-order valence-electron chi connectivity index (χ0n) is 12.5. The average Bonchev–Trinajstić information content (AvgIpc) is 2.85. The molecule has 0 N–H and O–H groups in total. The van der Waals surface area contributed by atoms with E-state index in [1.54, 1.807) is 4.90 Å². The minimum atomic E-state index is -0.589. The molecule has 0 fully saturated rings. The molecule has 0 unspecified atom stereocenters. The molecule has 2 aromatic rings. The standard InChI is InChI=1S/C16H15N3O4/c1-11-8-12-4-2-3-5-14(12)18(11)16(21)10-17-9-13(19(22)23)6-7-15(17)20/h2-7,9,11H,8,10H2,1H3/t11-/m0/s1. The maximum atomic E-state index is 12.6. The van der Waals surface area contributed by atoms with E-state index in [9.17, 15) is 19.7 Å². The summed E-state index contributed by atoms with van der Waals surface area (Å²) < 4.78 is 1.08. The summed E-state index contributed by atoms with van der Waals surface area (Å²) in [6.07, 6.45) is 1.86. The van der Waals surface area contributed by atoms with Crippen molar-refractivity contribution in [1.82, 2.24) is 4.57 Å². The minimum absolute atomic E-state index is 0.00528. The Labute approximate surface area is 131 Å². The number of para-hydroxylation sites is 1. The van der Waals surface area contributed by atoms with Crippen molar-refractivity contribution in [3.63, 3.8) is 0 Å². The number of pyridine rings is 1. The van der Waals surface area contributed by atoms with Crippen LogP contribution in [0.5, 0.6) is 0 Å². The molecule has 0 aliphatic carbocycles. The molecule has 0 radical (unpaired) electrons. The molecule has 1 aromatic heterocycles. The van der Waals surface area contributed by atoms with Gasteiger partial charge in [-0.05, 0) is 25.0 Å². The van der Waals surface area contributed by atoms with Gasteiger partial charge in [-0.1, -0.05) is 18.2 Å². The SMILES string of the molecule is C[C@H]1Cc2ccccc2N1C(=O)Cn1cc([N+](=O)[O-])ccc1=O. The average molecular weight is 313 g/mol. The van der Waals surface area contributed by atoms with Crippen LogP contribution >= 0.6 is 0 Å². The number of benzene rings is 1. The van der Waals surface area contributed by atoms with Crippen molar-refractivity contribution in [1.29, 1.82) is 0 Å². The molecule has 0 saturated carbocycles. The van der Waals surface area contributed by atoms with Gasteiger partial charge in [0.1, 0.15) is 6.54 Å². The highest BCUT2D eigenvalue weighted by Crippen LogP contribution is 2.31. The fraction of sp³-hybridized carbons (Fsp3) is 0.250. The maximum Gasteiger partial charge on any atom is 0.285 e. The van der Waals surface area contributed by atoms with Gasteiger partial charge in [-0.25, -0.2) is 0 Å². The van der Waals surface area contributed by atoms with E-state index in [2.05, 4.69) is 0 Å². The first kappa shape index (κ1) is 15.0. The predicted molar refractivity (Wildman–Crippen MR) is 84.5 cm³/mol. The summed E-state index contributed by atoms with van der Waals surface area (Å²) in [4.78, 5) is 36.3. The predicted octanol–water partition coefficient (Wildman–Crippen LogP) is 1.73. The second-order valence-electron chi connectivity index (χ2n) is 5.56. The Hall–Kier alpha value is -2.96. The van der Waals surface area contributed by atoms with Gasteiger partial charge in [0.2, 0.25) is 5.91 Å². The van der Waals surface area contributed by atoms with E-state index in [0.29, 0.717) is 0 Å². The molecule has 1 aliphatic heterocycles. The summed E-state index contributed by atoms with van der Waals surface area (Å²) in [7, 11) is 0. The summed E-state index contributed by atoms with van der Waals surface area (Å²) in [6.45, 7) is 1.72. The number of hydrogen-bond acceptors (Lipinski definition) is 4. The highest BCUT2D eigenvalue weighted by Gasteiger charge is 2.30. The zero-order chi connectivity index (χ0) is 16.6. The van der Waals surface area contributed by atoms with Crippen LogP contribution < -0.4 is 10.5 Å². The Morgan fingerprint density at radius 2 is 2.04 bits per heavy atom. The molecular weight excluding hydrogens is 298 g/mol. The summed E-state index contributed by atoms with van der Waals surface area (Å²) in [5.41, 5.74) is 1.26. The lowest BCUT2D eigenvalue weighted by Gasteiger charge is -2.23. The highest BCUT2D eigenvalue weighted by molar-refractivity contribution is 5.96. The van der Waals surface area contributed by atoms with E-state index in [0.717, 1.165) is 40.6 Å². The first-order valence-corrected chi connectivity index (χ1v) is 7.22. The van der Waals surface area contributed by atoms with Crippen LogP contribution in [0.1, 0.15) is 12.5 Å². The van der Waals surface area contributed by atoms with E-state index in [-0.39, 0.29) is 24.2 Å². The fourth-order valence-corrected chi connectivity index (χ4v) is 2.92. The molecule has 0 spiro atoms. The topological polar surface area (TPSA) is 85.4 Å². The Bertz CT molecular complexity index is 843. The van der Waals surface area contributed by atoms with Crippen molar-refractivity contribution >= 4 is 17.3 Å². The molecule has 118 valence electrons. The highest BCUT2D eigenvalue weighted by atomic mass is 16.6. The van der Waals surface area contributed by atoms with Gasteiger partial charge in [-0.15, -0.1) is 0 Å². The molecule has 2 heterocycles. The van der Waals surface area contributed by atoms with Gasteiger partial charge in [-0.2, -0.15) is 0 Å². The third kappa shape index (κ3) is 2.73. The van der Waals surface area contributed by atoms with Gasteiger partial charge in [0.05, 0.1) is 11.1 Å². The Balaban J connectivity index is 1.90. The van der Waals surface area contributed by atoms with Crippen molar-refractivity contribution in [2.24, 2.45) is 0 Å². The number of nitrogens with zero attached hydrogens (tertiary/aromatic N) is 3. The van der Waals surface area contributed by atoms with Crippen LogP contribution in [0.15, 0.2) is 47.4 Å². The summed E-state index contributed by atoms with van der Waals surface area (Å²) in [5, 5.41) is 10.8. The lowest BCUT2D eigenvalue weighted by Crippen LogP contribution is -2.39. The third-order valence-electron chi connectivity index (χ3n) is 3.96. The van der Waals surface area contributed by atoms with Gasteiger partial charge in [0, 0.05) is 23.9 Å². The summed E-state index contributed by atoms with van der Waals surface area (Å²) in [6, 6.07) is 9.85. The third-order valence-corrected chi connectivity index (χ3v) is 3.96. The number of carbonyl (C=O) groups excluding carboxylic acids is 1. The van der Waals surface area contributed by atoms with Gasteiger partial charge < -0.3 is 4.90 Å². The lowest BCUT2D eigenvalue weighted by atomic mass is 10.1. The molecule has 0 bridgehead atoms. The lowest BCUT2D eigenvalue weighted by molar-refractivity contribution is -0.385. The zero-order valence-corrected chi connectivity index (χ0v) is 12.5. The van der Waals surface area contributed by atoms with Crippen molar-refractivity contribution < 1.29 is 9.72 Å². The normalized spacial score (nSPS) is 16.2. The van der Waals surface area contributed by atoms with Gasteiger partial charge in [0.15, 0.2) is 0 Å². The Morgan fingerprint density at radius 1 is 1.30 bits per heavy atom. The number of rotatable bonds is 3. The van der Waals surface area contributed by atoms with Gasteiger partial charge in [0.25, 0.3) is 11.2 Å². The smallest absolute Gasteiger partial charge is 0.285 e. The number of carbonyl (C=O) groups is 1. The molecule has 0 saturated heterocycles. The molecule has 1 atom stereocenters. The molecular formula is C16H15N3O4. The van der Waals surface area contributed by atoms with Crippen molar-refractivity contribution in [3.05, 3.63) is 68.6 Å². The van der Waals surface area contributed by atoms with Crippen molar-refractivity contribution in [2.75, 3.05) is 4.90 Å². The molecule has 7 nitrogen and oxygen atoms in total. The monoisotopic (exact) mass is 313 g/mol. The van der Waals surface area contributed by atoms with Gasteiger partial charge >= 0.3 is 0 Å². The molecule has 23 heavy (non-hydrogen) atoms. The number of hydrogen-bond donors (Lipinski definition) is 0. The number of nitro groups is 1. The summed E-state index contributed by atoms with van der Waals surface area (Å²) >= 11 is 0. The molecule has 7 heteroatoms. The molecule has 1 amide bonds. The van der Waals surface area contributed by atoms with Crippen LogP contribution in [0.25, 0.3) is 0 Å². The Kier molecular flexibility index (Phi) is 3.69. The number of aromatic nitrogens is 1. The van der Waals surface area contributed by atoms with E-state index in [4.69, 9.17) is 0 Å². The molecule has 1 aliphatic rings. The van der Waals surface area contributed by atoms with Crippen LogP contribution in [0.4, 0.5) is 11.4 Å². The van der Waals surface area contributed by atoms with Crippen LogP contribution in [0.2, 0.25) is 0 Å².